The first-order valence-corrected chi connectivity index (χ1v) is 4.83. The van der Waals surface area contributed by atoms with Gasteiger partial charge in [0, 0.05) is 17.8 Å². The number of ether oxygens (including phenoxy) is 1. The number of nitrogens with one attached hydrogen (secondary N) is 1. The fourth-order valence-electron chi connectivity index (χ4n) is 1.51. The Morgan fingerprint density at radius 1 is 1.12 bits per heavy atom. The number of H-pyrrole nitrogens is 1. The summed E-state index contributed by atoms with van der Waals surface area (Å²) in [5.41, 5.74) is 1.10. The molecule has 0 saturated heterocycles. The van der Waals surface area contributed by atoms with E-state index in [1.807, 2.05) is 0 Å². The number of benzene rings is 1. The monoisotopic (exact) mass is 237 g/mol. The summed E-state index contributed by atoms with van der Waals surface area (Å²) >= 11 is 0. The van der Waals surface area contributed by atoms with Gasteiger partial charge in [0.25, 0.3) is 0 Å². The van der Waals surface area contributed by atoms with E-state index in [4.69, 9.17) is 0 Å². The number of hydrogen-bond acceptors (Lipinski definition) is 2. The second kappa shape index (κ2) is 4.37. The number of carbonyl (C=O) groups is 1. The summed E-state index contributed by atoms with van der Waals surface area (Å²) < 4.78 is 30.5. The summed E-state index contributed by atoms with van der Waals surface area (Å²) in [7, 11) is 1.25. The summed E-state index contributed by atoms with van der Waals surface area (Å²) in [4.78, 5) is 13.9. The molecule has 88 valence electrons. The van der Waals surface area contributed by atoms with Crippen LogP contribution in [0.4, 0.5) is 8.78 Å². The first-order chi connectivity index (χ1) is 8.10. The zero-order valence-electron chi connectivity index (χ0n) is 8.96. The second-order valence-electron chi connectivity index (χ2n) is 3.45. The van der Waals surface area contributed by atoms with Crippen molar-refractivity contribution in [1.29, 1.82) is 0 Å². The van der Waals surface area contributed by atoms with Gasteiger partial charge in [-0.3, -0.25) is 0 Å². The highest BCUT2D eigenvalue weighted by atomic mass is 19.1. The summed E-state index contributed by atoms with van der Waals surface area (Å²) in [5, 5.41) is 0. The Kier molecular flexibility index (Phi) is 2.91. The average Bonchev–Trinajstić information content (AvgIpc) is 2.76. The van der Waals surface area contributed by atoms with Crippen LogP contribution < -0.4 is 0 Å². The van der Waals surface area contributed by atoms with E-state index in [9.17, 15) is 13.6 Å². The Hall–Kier alpha value is -2.17. The van der Waals surface area contributed by atoms with Crippen molar-refractivity contribution < 1.29 is 18.3 Å². The number of aromatic amines is 1. The van der Waals surface area contributed by atoms with Gasteiger partial charge < -0.3 is 9.72 Å². The van der Waals surface area contributed by atoms with Gasteiger partial charge in [-0.2, -0.15) is 0 Å². The van der Waals surface area contributed by atoms with Crippen molar-refractivity contribution >= 4 is 5.97 Å². The molecule has 0 fully saturated rings. The molecule has 0 amide bonds. The molecule has 0 unspecified atom stereocenters. The van der Waals surface area contributed by atoms with Crippen LogP contribution in [-0.4, -0.2) is 18.1 Å². The lowest BCUT2D eigenvalue weighted by Crippen LogP contribution is -2.00. The maximum absolute atomic E-state index is 13.0. The topological polar surface area (TPSA) is 42.1 Å². The minimum absolute atomic E-state index is 0.229. The molecule has 3 nitrogen and oxygen atoms in total. The van der Waals surface area contributed by atoms with Crippen molar-refractivity contribution in [3.63, 3.8) is 0 Å². The van der Waals surface area contributed by atoms with Crippen LogP contribution in [-0.2, 0) is 4.74 Å². The van der Waals surface area contributed by atoms with Gasteiger partial charge in [-0.05, 0) is 23.8 Å². The summed E-state index contributed by atoms with van der Waals surface area (Å²) in [6, 6.07) is 4.64. The van der Waals surface area contributed by atoms with Crippen LogP contribution in [0.1, 0.15) is 10.5 Å². The standard InChI is InChI=1S/C12H9F2NO2/c1-17-12(16)11-4-8(6-15-11)7-2-9(13)5-10(14)3-7/h2-6,15H,1H3. The Morgan fingerprint density at radius 3 is 2.35 bits per heavy atom. The number of halogens is 2. The normalized spacial score (nSPS) is 10.3. The third-order valence-electron chi connectivity index (χ3n) is 2.28. The Bertz CT molecular complexity index is 543. The van der Waals surface area contributed by atoms with E-state index in [-0.39, 0.29) is 5.69 Å². The first kappa shape index (κ1) is 11.3. The lowest BCUT2D eigenvalue weighted by Gasteiger charge is -1.98. The van der Waals surface area contributed by atoms with Gasteiger partial charge in [0.15, 0.2) is 0 Å². The molecule has 0 radical (unpaired) electrons. The molecule has 1 aromatic heterocycles. The smallest absolute Gasteiger partial charge is 0.354 e. The molecule has 1 aromatic carbocycles. The van der Waals surface area contributed by atoms with Crippen LogP contribution >= 0.6 is 0 Å². The molecule has 1 heterocycles. The first-order valence-electron chi connectivity index (χ1n) is 4.83. The summed E-state index contributed by atoms with van der Waals surface area (Å²) in [6.45, 7) is 0. The third kappa shape index (κ3) is 2.33. The maximum Gasteiger partial charge on any atom is 0.354 e. The highest BCUT2D eigenvalue weighted by molar-refractivity contribution is 5.89. The molecule has 0 aliphatic carbocycles. The van der Waals surface area contributed by atoms with E-state index in [1.54, 1.807) is 0 Å². The van der Waals surface area contributed by atoms with Gasteiger partial charge in [0.1, 0.15) is 17.3 Å². The predicted molar refractivity (Wildman–Crippen MR) is 57.5 cm³/mol. The van der Waals surface area contributed by atoms with E-state index in [0.717, 1.165) is 6.07 Å². The van der Waals surface area contributed by atoms with Gasteiger partial charge in [0.05, 0.1) is 7.11 Å². The Balaban J connectivity index is 2.40. The predicted octanol–water partition coefficient (Wildman–Crippen LogP) is 2.75. The second-order valence-corrected chi connectivity index (χ2v) is 3.45. The molecule has 5 heteroatoms. The molecule has 0 saturated carbocycles. The van der Waals surface area contributed by atoms with Gasteiger partial charge in [-0.25, -0.2) is 13.6 Å². The molecule has 0 bridgehead atoms. The van der Waals surface area contributed by atoms with E-state index in [2.05, 4.69) is 9.72 Å². The largest absolute Gasteiger partial charge is 0.464 e. The fourth-order valence-corrected chi connectivity index (χ4v) is 1.51. The number of esters is 1. The van der Waals surface area contributed by atoms with Gasteiger partial charge in [0.2, 0.25) is 0 Å². The lowest BCUT2D eigenvalue weighted by atomic mass is 10.1. The fraction of sp³-hybridized carbons (Fsp3) is 0.0833. The highest BCUT2D eigenvalue weighted by Crippen LogP contribution is 2.22. The minimum Gasteiger partial charge on any atom is -0.464 e. The maximum atomic E-state index is 13.0. The van der Waals surface area contributed by atoms with Crippen molar-refractivity contribution in [1.82, 2.24) is 4.98 Å². The zero-order valence-corrected chi connectivity index (χ0v) is 8.96. The van der Waals surface area contributed by atoms with Crippen LogP contribution in [0.15, 0.2) is 30.5 Å². The van der Waals surface area contributed by atoms with E-state index >= 15 is 0 Å². The molecule has 2 aromatic rings. The summed E-state index contributed by atoms with van der Waals surface area (Å²) in [5.74, 6) is -1.87. The average molecular weight is 237 g/mol. The van der Waals surface area contributed by atoms with Gasteiger partial charge >= 0.3 is 5.97 Å². The molecule has 17 heavy (non-hydrogen) atoms. The quantitative estimate of drug-likeness (QED) is 0.816. The van der Waals surface area contributed by atoms with Gasteiger partial charge in [-0.15, -0.1) is 0 Å². The molecular weight excluding hydrogens is 228 g/mol. The number of aromatic nitrogens is 1. The van der Waals surface area contributed by atoms with Crippen LogP contribution in [0.2, 0.25) is 0 Å². The number of methoxy groups -OCH3 is 1. The van der Waals surface area contributed by atoms with Crippen LogP contribution in [0, 0.1) is 11.6 Å². The molecule has 2 rings (SSSR count). The number of hydrogen-bond donors (Lipinski definition) is 1. The Morgan fingerprint density at radius 2 is 1.76 bits per heavy atom. The van der Waals surface area contributed by atoms with E-state index < -0.39 is 17.6 Å². The summed E-state index contributed by atoms with van der Waals surface area (Å²) in [6.07, 6.45) is 1.49. The minimum atomic E-state index is -0.666. The van der Waals surface area contributed by atoms with Crippen molar-refractivity contribution in [2.75, 3.05) is 7.11 Å². The lowest BCUT2D eigenvalue weighted by molar-refractivity contribution is 0.0595. The zero-order chi connectivity index (χ0) is 12.4. The molecule has 0 spiro atoms. The van der Waals surface area contributed by atoms with Crippen molar-refractivity contribution in [2.24, 2.45) is 0 Å². The molecule has 1 N–H and O–H groups in total. The van der Waals surface area contributed by atoms with Crippen molar-refractivity contribution in [2.45, 2.75) is 0 Å². The van der Waals surface area contributed by atoms with E-state index in [0.29, 0.717) is 11.1 Å². The van der Waals surface area contributed by atoms with Gasteiger partial charge in [-0.1, -0.05) is 0 Å². The van der Waals surface area contributed by atoms with Crippen molar-refractivity contribution in [3.8, 4) is 11.1 Å². The van der Waals surface area contributed by atoms with Crippen molar-refractivity contribution in [3.05, 3.63) is 47.8 Å². The molecule has 0 aliphatic heterocycles. The van der Waals surface area contributed by atoms with E-state index in [1.165, 1.54) is 31.5 Å². The highest BCUT2D eigenvalue weighted by Gasteiger charge is 2.10. The molecule has 0 atom stereocenters. The number of carbonyl (C=O) groups excluding carboxylic acids is 1. The van der Waals surface area contributed by atoms with Crippen LogP contribution in [0.3, 0.4) is 0 Å². The third-order valence-corrected chi connectivity index (χ3v) is 2.28. The SMILES string of the molecule is COC(=O)c1cc(-c2cc(F)cc(F)c2)c[nH]1. The number of rotatable bonds is 2. The molecular formula is C12H9F2NO2. The van der Waals surface area contributed by atoms with Crippen LogP contribution in [0.5, 0.6) is 0 Å². The molecule has 0 aliphatic rings. The Labute approximate surface area is 96.0 Å². The van der Waals surface area contributed by atoms with Crippen LogP contribution in [0.25, 0.3) is 11.1 Å².